The molecule has 1 aromatic heterocycles. The van der Waals surface area contributed by atoms with Gasteiger partial charge < -0.3 is 9.47 Å². The first-order valence-electron chi connectivity index (χ1n) is 24.4. The number of anilines is 3. The second-order valence-electron chi connectivity index (χ2n) is 19.1. The van der Waals surface area contributed by atoms with Gasteiger partial charge in [0.05, 0.1) is 27.6 Å². The minimum Gasteiger partial charge on any atom is -0.310 e. The molecule has 1 atom stereocenters. The summed E-state index contributed by atoms with van der Waals surface area (Å²) in [5, 5.41) is 2.56. The highest BCUT2D eigenvalue weighted by molar-refractivity contribution is 6.13. The van der Waals surface area contributed by atoms with Crippen molar-refractivity contribution >= 4 is 38.9 Å². The van der Waals surface area contributed by atoms with Gasteiger partial charge in [-0.15, -0.1) is 0 Å². The predicted molar refractivity (Wildman–Crippen MR) is 289 cm³/mol. The van der Waals surface area contributed by atoms with E-state index in [-0.39, 0.29) is 0 Å². The Hall–Kier alpha value is -8.98. The number of hydrogen-bond donors (Lipinski definition) is 0. The monoisotopic (exact) mass is 888 g/mol. The minimum absolute atomic E-state index is 0.458. The normalized spacial score (nSPS) is 15.3. The van der Waals surface area contributed by atoms with E-state index in [2.05, 4.69) is 276 Å². The van der Waals surface area contributed by atoms with Gasteiger partial charge in [-0.2, -0.15) is 0 Å². The van der Waals surface area contributed by atoms with Gasteiger partial charge in [-0.3, -0.25) is 0 Å². The van der Waals surface area contributed by atoms with Crippen LogP contribution >= 0.6 is 0 Å². The maximum Gasteiger partial charge on any atom is 0.0755 e. The van der Waals surface area contributed by atoms with Crippen molar-refractivity contribution in [3.8, 4) is 39.1 Å². The number of benzene rings is 11. The standard InChI is InChI=1S/C68H44N2/c1-4-20-46(21-5-1)67(47-22-6-2-7-23-47)58-32-14-11-28-56(58)65-51(29-18-34-60(65)67)45-38-40-49(41-39-45)69(48-24-8-3-9-25-48)50-42-43-53-52-26-10-13-31-57(52)68(62(53)44-50)59-33-15-17-37-64(59)70-63-36-16-12-27-54(63)55-30-19-35-61(68)66(55)70/h1-44H. The molecule has 70 heavy (non-hydrogen) atoms. The molecule has 2 nitrogen and oxygen atoms in total. The van der Waals surface area contributed by atoms with Crippen molar-refractivity contribution in [2.24, 2.45) is 0 Å². The summed E-state index contributed by atoms with van der Waals surface area (Å²) in [4.78, 5) is 2.44. The molecule has 12 aromatic rings. The van der Waals surface area contributed by atoms with Crippen molar-refractivity contribution in [3.63, 3.8) is 0 Å². The first kappa shape index (κ1) is 39.1. The van der Waals surface area contributed by atoms with Gasteiger partial charge in [0.25, 0.3) is 0 Å². The predicted octanol–water partition coefficient (Wildman–Crippen LogP) is 17.0. The van der Waals surface area contributed by atoms with Crippen LogP contribution in [-0.4, -0.2) is 4.57 Å². The highest BCUT2D eigenvalue weighted by atomic mass is 15.1. The molecule has 326 valence electrons. The molecule has 2 heteroatoms. The molecule has 2 heterocycles. The van der Waals surface area contributed by atoms with E-state index in [1.807, 2.05) is 0 Å². The Morgan fingerprint density at radius 2 is 0.814 bits per heavy atom. The highest BCUT2D eigenvalue weighted by Gasteiger charge is 2.51. The molecule has 1 unspecified atom stereocenters. The smallest absolute Gasteiger partial charge is 0.0755 e. The van der Waals surface area contributed by atoms with E-state index in [0.29, 0.717) is 0 Å². The summed E-state index contributed by atoms with van der Waals surface area (Å²) in [5.41, 5.74) is 24.1. The molecule has 0 radical (unpaired) electrons. The molecule has 0 amide bonds. The van der Waals surface area contributed by atoms with Crippen molar-refractivity contribution in [2.75, 3.05) is 4.90 Å². The zero-order valence-electron chi connectivity index (χ0n) is 38.3. The quantitative estimate of drug-likeness (QED) is 0.161. The summed E-state index contributed by atoms with van der Waals surface area (Å²) in [6, 6.07) is 99.6. The summed E-state index contributed by atoms with van der Waals surface area (Å²) in [5.74, 6) is 0. The van der Waals surface area contributed by atoms with Crippen LogP contribution < -0.4 is 4.90 Å². The summed E-state index contributed by atoms with van der Waals surface area (Å²) >= 11 is 0. The Bertz CT molecular complexity index is 4010. The Kier molecular flexibility index (Phi) is 8.24. The average Bonchev–Trinajstić information content (AvgIpc) is 4.05. The number of para-hydroxylation sites is 4. The first-order valence-corrected chi connectivity index (χ1v) is 24.4. The van der Waals surface area contributed by atoms with Crippen LogP contribution in [0.1, 0.15) is 44.5 Å². The molecule has 11 aromatic carbocycles. The zero-order valence-corrected chi connectivity index (χ0v) is 38.3. The van der Waals surface area contributed by atoms with Gasteiger partial charge in [-0.1, -0.05) is 218 Å². The van der Waals surface area contributed by atoms with E-state index in [1.165, 1.54) is 105 Å². The second kappa shape index (κ2) is 14.8. The third-order valence-electron chi connectivity index (χ3n) is 15.9. The minimum atomic E-state index is -0.548. The van der Waals surface area contributed by atoms with Gasteiger partial charge in [-0.25, -0.2) is 0 Å². The third kappa shape index (κ3) is 5.07. The fraction of sp³-hybridized carbons (Fsp3) is 0.0294. The van der Waals surface area contributed by atoms with Crippen LogP contribution in [0.25, 0.3) is 60.9 Å². The Morgan fingerprint density at radius 1 is 0.300 bits per heavy atom. The van der Waals surface area contributed by atoms with Crippen LogP contribution in [0.5, 0.6) is 0 Å². The molecule has 0 saturated heterocycles. The van der Waals surface area contributed by atoms with Gasteiger partial charge in [0.1, 0.15) is 0 Å². The molecule has 0 saturated carbocycles. The lowest BCUT2D eigenvalue weighted by molar-refractivity contribution is 0.748. The van der Waals surface area contributed by atoms with Crippen molar-refractivity contribution in [1.82, 2.24) is 4.57 Å². The lowest BCUT2D eigenvalue weighted by Gasteiger charge is -2.40. The zero-order chi connectivity index (χ0) is 46.0. The Morgan fingerprint density at radius 3 is 1.57 bits per heavy atom. The van der Waals surface area contributed by atoms with Crippen molar-refractivity contribution < 1.29 is 0 Å². The molecule has 0 fully saturated rings. The van der Waals surface area contributed by atoms with Crippen LogP contribution in [0.4, 0.5) is 17.1 Å². The molecular weight excluding hydrogens is 845 g/mol. The summed E-state index contributed by atoms with van der Waals surface area (Å²) in [7, 11) is 0. The lowest BCUT2D eigenvalue weighted by Crippen LogP contribution is -2.33. The maximum absolute atomic E-state index is 2.52. The largest absolute Gasteiger partial charge is 0.310 e. The van der Waals surface area contributed by atoms with Crippen LogP contribution in [0, 0.1) is 0 Å². The first-order chi connectivity index (χ1) is 34.8. The van der Waals surface area contributed by atoms with Gasteiger partial charge in [0.2, 0.25) is 0 Å². The van der Waals surface area contributed by atoms with E-state index < -0.39 is 10.8 Å². The number of nitrogens with zero attached hydrogens (tertiary/aromatic N) is 2. The van der Waals surface area contributed by atoms with Crippen LogP contribution in [0.2, 0.25) is 0 Å². The fourth-order valence-corrected chi connectivity index (χ4v) is 13.2. The Balaban J connectivity index is 0.923. The van der Waals surface area contributed by atoms with E-state index in [4.69, 9.17) is 0 Å². The van der Waals surface area contributed by atoms with Crippen molar-refractivity contribution in [2.45, 2.75) is 10.8 Å². The Labute approximate surface area is 407 Å². The molecule has 0 bridgehead atoms. The molecule has 3 aliphatic rings. The SMILES string of the molecule is c1ccc(N(c2ccc(-c3cccc4c3-c3ccccc3C4(c3ccccc3)c3ccccc3)cc2)c2ccc3c(c2)C2(c4ccccc4-3)c3ccccc3-n3c4ccccc4c4cccc2c43)cc1. The van der Waals surface area contributed by atoms with E-state index >= 15 is 0 Å². The van der Waals surface area contributed by atoms with Crippen LogP contribution in [0.3, 0.4) is 0 Å². The molecule has 15 rings (SSSR count). The highest BCUT2D eigenvalue weighted by Crippen LogP contribution is 2.62. The number of rotatable bonds is 6. The molecule has 1 spiro atoms. The van der Waals surface area contributed by atoms with Crippen LogP contribution in [-0.2, 0) is 10.8 Å². The second-order valence-corrected chi connectivity index (χ2v) is 19.1. The summed E-state index contributed by atoms with van der Waals surface area (Å²) in [6.07, 6.45) is 0. The third-order valence-corrected chi connectivity index (χ3v) is 15.9. The molecule has 0 N–H and O–H groups in total. The number of aromatic nitrogens is 1. The number of fused-ring (bicyclic) bond motifs is 15. The summed E-state index contributed by atoms with van der Waals surface area (Å²) in [6.45, 7) is 0. The van der Waals surface area contributed by atoms with Gasteiger partial charge >= 0.3 is 0 Å². The lowest BCUT2D eigenvalue weighted by atomic mass is 9.65. The topological polar surface area (TPSA) is 8.17 Å². The maximum atomic E-state index is 2.52. The average molecular weight is 889 g/mol. The van der Waals surface area contributed by atoms with E-state index in [9.17, 15) is 0 Å². The van der Waals surface area contributed by atoms with Gasteiger partial charge in [-0.05, 0) is 126 Å². The van der Waals surface area contributed by atoms with Gasteiger partial charge in [0, 0.05) is 27.8 Å². The molecular formula is C68H44N2. The van der Waals surface area contributed by atoms with Gasteiger partial charge in [0.15, 0.2) is 0 Å². The van der Waals surface area contributed by atoms with Crippen molar-refractivity contribution in [3.05, 3.63) is 311 Å². The fourth-order valence-electron chi connectivity index (χ4n) is 13.2. The molecule has 2 aliphatic carbocycles. The van der Waals surface area contributed by atoms with Crippen LogP contribution in [0.15, 0.2) is 267 Å². The van der Waals surface area contributed by atoms with E-state index in [1.54, 1.807) is 0 Å². The van der Waals surface area contributed by atoms with Crippen molar-refractivity contribution in [1.29, 1.82) is 0 Å². The number of hydrogen-bond acceptors (Lipinski definition) is 1. The summed E-state index contributed by atoms with van der Waals surface area (Å²) < 4.78 is 2.52. The molecule has 1 aliphatic heterocycles. The van der Waals surface area contributed by atoms with E-state index in [0.717, 1.165) is 17.1 Å².